The summed E-state index contributed by atoms with van der Waals surface area (Å²) in [6, 6.07) is 23.7. The fourth-order valence-corrected chi connectivity index (χ4v) is 4.42. The molecule has 5 aromatic rings. The molecule has 3 aromatic heterocycles. The van der Waals surface area contributed by atoms with Gasteiger partial charge in [-0.05, 0) is 48.5 Å². The Balaban J connectivity index is 1.19. The van der Waals surface area contributed by atoms with Crippen LogP contribution in [0.1, 0.15) is 21.6 Å². The van der Waals surface area contributed by atoms with E-state index in [2.05, 4.69) is 16.3 Å². The highest BCUT2D eigenvalue weighted by Crippen LogP contribution is 2.23. The molecule has 3 heterocycles. The van der Waals surface area contributed by atoms with Gasteiger partial charge in [0.2, 0.25) is 0 Å². The fourth-order valence-electron chi connectivity index (χ4n) is 3.64. The van der Waals surface area contributed by atoms with Crippen LogP contribution in [0.4, 0.5) is 0 Å². The lowest BCUT2D eigenvalue weighted by Crippen LogP contribution is -2.25. The van der Waals surface area contributed by atoms with E-state index in [1.54, 1.807) is 22.9 Å². The summed E-state index contributed by atoms with van der Waals surface area (Å²) >= 11 is 1.71. The van der Waals surface area contributed by atoms with E-state index in [1.165, 1.54) is 0 Å². The number of hydrogen-bond acceptors (Lipinski definition) is 4. The number of fused-ring (bicyclic) bond motifs is 1. The highest BCUT2D eigenvalue weighted by Gasteiger charge is 2.13. The Hall–Kier alpha value is -3.84. The first-order valence-electron chi connectivity index (χ1n) is 10.7. The molecule has 0 N–H and O–H groups in total. The smallest absolute Gasteiger partial charge is 0.253 e. The standard InChI is InChI=1S/C26H23N5OS/c1-29(16-20-15-27-31(17-20)23-7-3-2-4-8-23)26(32)21-10-12-24(13-11-21)33-19-22-18-30-14-6-5-9-25(30)28-22/h2-15,17-18H,16,19H2,1H3. The molecule has 0 unspecified atom stereocenters. The van der Waals surface area contributed by atoms with Gasteiger partial charge in [-0.1, -0.05) is 24.3 Å². The first-order chi connectivity index (χ1) is 16.2. The van der Waals surface area contributed by atoms with E-state index in [0.717, 1.165) is 33.2 Å². The predicted molar refractivity (Wildman–Crippen MR) is 131 cm³/mol. The Kier molecular flexibility index (Phi) is 5.95. The molecule has 1 amide bonds. The number of pyridine rings is 1. The molecule has 0 saturated carbocycles. The van der Waals surface area contributed by atoms with Crippen LogP contribution in [0.5, 0.6) is 0 Å². The summed E-state index contributed by atoms with van der Waals surface area (Å²) < 4.78 is 3.85. The Bertz CT molecular complexity index is 1340. The van der Waals surface area contributed by atoms with Gasteiger partial charge in [-0.15, -0.1) is 11.8 Å². The molecule has 6 nitrogen and oxygen atoms in total. The number of amides is 1. The first kappa shape index (κ1) is 21.0. The molecule has 0 radical (unpaired) electrons. The van der Waals surface area contributed by atoms with Crippen molar-refractivity contribution in [2.24, 2.45) is 0 Å². The van der Waals surface area contributed by atoms with Gasteiger partial charge in [0, 0.05) is 54.0 Å². The van der Waals surface area contributed by atoms with Crippen LogP contribution in [0.25, 0.3) is 11.3 Å². The molecule has 0 fully saturated rings. The number of imidazole rings is 1. The molecular formula is C26H23N5OS. The molecule has 0 aliphatic rings. The van der Waals surface area contributed by atoms with E-state index in [0.29, 0.717) is 12.1 Å². The molecule has 0 aliphatic heterocycles. The average Bonchev–Trinajstić information content (AvgIpc) is 3.50. The zero-order valence-corrected chi connectivity index (χ0v) is 19.0. The van der Waals surface area contributed by atoms with Gasteiger partial charge in [-0.3, -0.25) is 4.79 Å². The van der Waals surface area contributed by atoms with Crippen molar-refractivity contribution in [1.29, 1.82) is 0 Å². The number of benzene rings is 2. The van der Waals surface area contributed by atoms with Gasteiger partial charge in [0.1, 0.15) is 5.65 Å². The van der Waals surface area contributed by atoms with Crippen LogP contribution in [0.2, 0.25) is 0 Å². The van der Waals surface area contributed by atoms with E-state index in [-0.39, 0.29) is 5.91 Å². The van der Waals surface area contributed by atoms with Crippen LogP contribution in [-0.4, -0.2) is 37.0 Å². The first-order valence-corrected chi connectivity index (χ1v) is 11.6. The topological polar surface area (TPSA) is 55.4 Å². The second-order valence-electron chi connectivity index (χ2n) is 7.80. The van der Waals surface area contributed by atoms with Gasteiger partial charge in [-0.2, -0.15) is 5.10 Å². The molecule has 0 saturated heterocycles. The Morgan fingerprint density at radius 3 is 2.55 bits per heavy atom. The monoisotopic (exact) mass is 453 g/mol. The van der Waals surface area contributed by atoms with Gasteiger partial charge in [0.25, 0.3) is 5.91 Å². The maximum absolute atomic E-state index is 12.9. The van der Waals surface area contributed by atoms with Crippen molar-refractivity contribution in [3.63, 3.8) is 0 Å². The SMILES string of the molecule is CN(Cc1cnn(-c2ccccc2)c1)C(=O)c1ccc(SCc2cn3ccccc3n2)cc1. The van der Waals surface area contributed by atoms with Gasteiger partial charge in [-0.25, -0.2) is 9.67 Å². The molecule has 0 aliphatic carbocycles. The Morgan fingerprint density at radius 2 is 1.76 bits per heavy atom. The molecule has 5 rings (SSSR count). The number of carbonyl (C=O) groups is 1. The lowest BCUT2D eigenvalue weighted by molar-refractivity contribution is 0.0785. The van der Waals surface area contributed by atoms with E-state index in [1.807, 2.05) is 101 Å². The lowest BCUT2D eigenvalue weighted by atomic mass is 10.2. The number of nitrogens with zero attached hydrogens (tertiary/aromatic N) is 5. The van der Waals surface area contributed by atoms with Crippen molar-refractivity contribution in [2.45, 2.75) is 17.2 Å². The summed E-state index contributed by atoms with van der Waals surface area (Å²) in [5.41, 5.74) is 4.63. The number of hydrogen-bond donors (Lipinski definition) is 0. The van der Waals surface area contributed by atoms with Gasteiger partial charge >= 0.3 is 0 Å². The zero-order valence-electron chi connectivity index (χ0n) is 18.2. The van der Waals surface area contributed by atoms with Crippen molar-refractivity contribution in [2.75, 3.05) is 7.05 Å². The van der Waals surface area contributed by atoms with E-state index in [9.17, 15) is 4.79 Å². The van der Waals surface area contributed by atoms with Crippen LogP contribution in [0.15, 0.2) is 102 Å². The van der Waals surface area contributed by atoms with Crippen molar-refractivity contribution in [3.8, 4) is 5.69 Å². The average molecular weight is 454 g/mol. The van der Waals surface area contributed by atoms with Crippen LogP contribution >= 0.6 is 11.8 Å². The largest absolute Gasteiger partial charge is 0.337 e. The van der Waals surface area contributed by atoms with Gasteiger partial charge < -0.3 is 9.30 Å². The summed E-state index contributed by atoms with van der Waals surface area (Å²) in [4.78, 5) is 20.3. The molecule has 0 spiro atoms. The van der Waals surface area contributed by atoms with E-state index in [4.69, 9.17) is 0 Å². The minimum Gasteiger partial charge on any atom is -0.337 e. The van der Waals surface area contributed by atoms with Crippen molar-refractivity contribution >= 4 is 23.3 Å². The quantitative estimate of drug-likeness (QED) is 0.322. The van der Waals surface area contributed by atoms with Crippen molar-refractivity contribution < 1.29 is 4.79 Å². The Labute approximate surface area is 196 Å². The van der Waals surface area contributed by atoms with Crippen molar-refractivity contribution in [1.82, 2.24) is 24.1 Å². The van der Waals surface area contributed by atoms with Gasteiger partial charge in [0.05, 0.1) is 17.6 Å². The predicted octanol–water partition coefficient (Wildman–Crippen LogP) is 5.08. The second kappa shape index (κ2) is 9.34. The zero-order chi connectivity index (χ0) is 22.6. The molecular weight excluding hydrogens is 430 g/mol. The summed E-state index contributed by atoms with van der Waals surface area (Å²) in [7, 11) is 1.81. The Morgan fingerprint density at radius 1 is 0.970 bits per heavy atom. The molecule has 0 atom stereocenters. The minimum atomic E-state index is -0.0145. The maximum Gasteiger partial charge on any atom is 0.253 e. The van der Waals surface area contributed by atoms with E-state index < -0.39 is 0 Å². The molecule has 2 aromatic carbocycles. The summed E-state index contributed by atoms with van der Waals surface area (Å²) in [5.74, 6) is 0.764. The van der Waals surface area contributed by atoms with Gasteiger partial charge in [0.15, 0.2) is 0 Å². The molecule has 164 valence electrons. The maximum atomic E-state index is 12.9. The summed E-state index contributed by atoms with van der Waals surface area (Å²) in [6.07, 6.45) is 7.81. The van der Waals surface area contributed by atoms with Crippen molar-refractivity contribution in [3.05, 3.63) is 114 Å². The lowest BCUT2D eigenvalue weighted by Gasteiger charge is -2.16. The number of rotatable bonds is 7. The number of thioether (sulfide) groups is 1. The summed E-state index contributed by atoms with van der Waals surface area (Å²) in [5, 5.41) is 4.41. The summed E-state index contributed by atoms with van der Waals surface area (Å²) in [6.45, 7) is 0.496. The number of para-hydroxylation sites is 1. The molecule has 33 heavy (non-hydrogen) atoms. The molecule has 0 bridgehead atoms. The third-order valence-electron chi connectivity index (χ3n) is 5.33. The highest BCUT2D eigenvalue weighted by molar-refractivity contribution is 7.98. The molecule has 7 heteroatoms. The third kappa shape index (κ3) is 4.83. The third-order valence-corrected chi connectivity index (χ3v) is 6.37. The van der Waals surface area contributed by atoms with Crippen LogP contribution in [-0.2, 0) is 12.3 Å². The second-order valence-corrected chi connectivity index (χ2v) is 8.85. The van der Waals surface area contributed by atoms with E-state index >= 15 is 0 Å². The fraction of sp³-hybridized carbons (Fsp3) is 0.115. The normalized spacial score (nSPS) is 11.1. The minimum absolute atomic E-state index is 0.0145. The van der Waals surface area contributed by atoms with Crippen LogP contribution < -0.4 is 0 Å². The van der Waals surface area contributed by atoms with Crippen LogP contribution in [0.3, 0.4) is 0 Å². The number of carbonyl (C=O) groups excluding carboxylic acids is 1. The van der Waals surface area contributed by atoms with Crippen LogP contribution in [0, 0.1) is 0 Å². The number of aromatic nitrogens is 4. The highest BCUT2D eigenvalue weighted by atomic mass is 32.2.